The molecule has 0 N–H and O–H groups in total. The number of carbonyl (C=O) groups is 2. The fourth-order valence-electron chi connectivity index (χ4n) is 0.476. The topological polar surface area (TPSA) is 52.6 Å². The molecule has 0 spiro atoms. The minimum absolute atomic E-state index is 0.117. The second kappa shape index (κ2) is 6.97. The molecular weight excluding hydrogens is 219 g/mol. The number of carbonyl (C=O) groups excluding carboxylic acids is 2. The molecule has 0 aromatic rings. The molecule has 0 saturated heterocycles. The quantitative estimate of drug-likeness (QED) is 0.514. The second-order valence-corrected chi connectivity index (χ2v) is 2.60. The zero-order valence-corrected chi connectivity index (χ0v) is 8.31. The molecule has 0 saturated carbocycles. The van der Waals surface area contributed by atoms with Gasteiger partial charge in [-0.15, -0.1) is 23.2 Å². The Kier molecular flexibility index (Phi) is 6.72. The van der Waals surface area contributed by atoms with Crippen LogP contribution in [0.15, 0.2) is 0 Å². The first-order chi connectivity index (χ1) is 6.10. The fourth-order valence-corrected chi connectivity index (χ4v) is 0.616. The van der Waals surface area contributed by atoms with Crippen molar-refractivity contribution >= 4 is 35.1 Å². The van der Waals surface area contributed by atoms with E-state index >= 15 is 0 Å². The third-order valence-electron chi connectivity index (χ3n) is 0.947. The summed E-state index contributed by atoms with van der Waals surface area (Å²) < 4.78 is 9.14. The van der Waals surface area contributed by atoms with Crippen molar-refractivity contribution in [3.05, 3.63) is 6.92 Å². The Morgan fingerprint density at radius 2 is 1.77 bits per heavy atom. The van der Waals surface area contributed by atoms with Gasteiger partial charge in [0.25, 0.3) is 0 Å². The van der Waals surface area contributed by atoms with Gasteiger partial charge in [-0.05, 0) is 6.92 Å². The summed E-state index contributed by atoms with van der Waals surface area (Å²) in [6, 6.07) is 0. The average Bonchev–Trinajstić information content (AvgIpc) is 2.13. The Morgan fingerprint density at radius 1 is 1.23 bits per heavy atom. The maximum Gasteiger partial charge on any atom is 0.321 e. The van der Waals surface area contributed by atoms with E-state index in [1.807, 2.05) is 0 Å². The lowest BCUT2D eigenvalue weighted by molar-refractivity contribution is -0.153. The predicted molar refractivity (Wildman–Crippen MR) is 47.6 cm³/mol. The average molecular weight is 228 g/mol. The summed E-state index contributed by atoms with van der Waals surface area (Å²) in [5.41, 5.74) is 0. The van der Waals surface area contributed by atoms with E-state index in [1.54, 1.807) is 0 Å². The van der Waals surface area contributed by atoms with Crippen LogP contribution >= 0.6 is 23.2 Å². The smallest absolute Gasteiger partial charge is 0.321 e. The second-order valence-electron chi connectivity index (χ2n) is 2.06. The maximum absolute atomic E-state index is 10.6. The lowest BCUT2D eigenvalue weighted by Gasteiger charge is -2.11. The molecule has 1 radical (unpaired) electrons. The van der Waals surface area contributed by atoms with Crippen LogP contribution in [0.4, 0.5) is 0 Å². The fraction of sp³-hybridized carbons (Fsp3) is 0.571. The van der Waals surface area contributed by atoms with Crippen molar-refractivity contribution < 1.29 is 19.1 Å². The van der Waals surface area contributed by atoms with Gasteiger partial charge in [-0.25, -0.2) is 0 Å². The van der Waals surface area contributed by atoms with Crippen LogP contribution in [0.5, 0.6) is 0 Å². The van der Waals surface area contributed by atoms with E-state index in [9.17, 15) is 9.59 Å². The molecule has 0 aliphatic heterocycles. The molecule has 75 valence electrons. The molecule has 4 nitrogen and oxygen atoms in total. The van der Waals surface area contributed by atoms with Crippen LogP contribution in [0.2, 0.25) is 0 Å². The molecule has 13 heavy (non-hydrogen) atoms. The molecule has 0 aliphatic carbocycles. The molecule has 0 amide bonds. The largest absolute Gasteiger partial charge is 0.461 e. The molecule has 0 aliphatic rings. The zero-order chi connectivity index (χ0) is 10.3. The van der Waals surface area contributed by atoms with Crippen LogP contribution in [0.3, 0.4) is 0 Å². The van der Waals surface area contributed by atoms with Crippen LogP contribution in [-0.4, -0.2) is 36.4 Å². The molecule has 1 unspecified atom stereocenters. The number of alkyl halides is 2. The summed E-state index contributed by atoms with van der Waals surface area (Å²) in [7, 11) is 0. The lowest BCUT2D eigenvalue weighted by atomic mass is 10.4. The van der Waals surface area contributed by atoms with Crippen LogP contribution < -0.4 is 0 Å². The van der Waals surface area contributed by atoms with Gasteiger partial charge >= 0.3 is 11.9 Å². The van der Waals surface area contributed by atoms with Crippen molar-refractivity contribution in [2.45, 2.75) is 6.10 Å². The molecule has 0 bridgehead atoms. The number of esters is 2. The third-order valence-corrected chi connectivity index (χ3v) is 1.38. The van der Waals surface area contributed by atoms with Crippen LogP contribution in [0.1, 0.15) is 0 Å². The Bertz CT molecular complexity index is 183. The number of halogens is 2. The summed E-state index contributed by atoms with van der Waals surface area (Å²) in [5.74, 6) is -1.69. The highest BCUT2D eigenvalue weighted by atomic mass is 35.5. The highest BCUT2D eigenvalue weighted by Crippen LogP contribution is 1.95. The Balaban J connectivity index is 3.56. The van der Waals surface area contributed by atoms with E-state index in [0.29, 0.717) is 0 Å². The number of hydrogen-bond acceptors (Lipinski definition) is 4. The van der Waals surface area contributed by atoms with Crippen LogP contribution in [-0.2, 0) is 19.1 Å². The van der Waals surface area contributed by atoms with Gasteiger partial charge in [0, 0.05) is 0 Å². The SMILES string of the molecule is [CH2]C(COC(=O)CCl)OC(=O)CCl. The van der Waals surface area contributed by atoms with Crippen molar-refractivity contribution in [3.63, 3.8) is 0 Å². The number of ether oxygens (including phenoxy) is 2. The van der Waals surface area contributed by atoms with Crippen molar-refractivity contribution in [1.29, 1.82) is 0 Å². The summed E-state index contributed by atoms with van der Waals surface area (Å²) in [6.45, 7) is 3.29. The van der Waals surface area contributed by atoms with Crippen molar-refractivity contribution in [3.8, 4) is 0 Å². The molecule has 0 heterocycles. The molecule has 1 atom stereocenters. The predicted octanol–water partition coefficient (Wildman–Crippen LogP) is 0.753. The van der Waals surface area contributed by atoms with Gasteiger partial charge in [0.05, 0.1) is 0 Å². The molecule has 0 aromatic carbocycles. The van der Waals surface area contributed by atoms with E-state index in [-0.39, 0.29) is 18.4 Å². The Labute approximate surface area is 86.1 Å². The monoisotopic (exact) mass is 227 g/mol. The standard InChI is InChI=1S/C7H9Cl2O4/c1-5(13-7(11)3-9)4-12-6(10)2-8/h5H,1-4H2. The minimum Gasteiger partial charge on any atom is -0.461 e. The summed E-state index contributed by atoms with van der Waals surface area (Å²) in [5, 5.41) is 0. The first kappa shape index (κ1) is 12.5. The molecule has 0 rings (SSSR count). The van der Waals surface area contributed by atoms with Gasteiger partial charge < -0.3 is 9.47 Å². The van der Waals surface area contributed by atoms with Crippen LogP contribution in [0.25, 0.3) is 0 Å². The zero-order valence-electron chi connectivity index (χ0n) is 6.79. The van der Waals surface area contributed by atoms with E-state index in [0.717, 1.165) is 0 Å². The summed E-state index contributed by atoms with van der Waals surface area (Å²) in [6.07, 6.45) is -0.751. The highest BCUT2D eigenvalue weighted by Gasteiger charge is 2.10. The lowest BCUT2D eigenvalue weighted by Crippen LogP contribution is -2.23. The Morgan fingerprint density at radius 3 is 2.23 bits per heavy atom. The van der Waals surface area contributed by atoms with E-state index in [2.05, 4.69) is 16.4 Å². The number of hydrogen-bond donors (Lipinski definition) is 0. The van der Waals surface area contributed by atoms with Gasteiger partial charge in [0.2, 0.25) is 0 Å². The first-order valence-corrected chi connectivity index (χ1v) is 4.47. The van der Waals surface area contributed by atoms with Crippen molar-refractivity contribution in [2.24, 2.45) is 0 Å². The van der Waals surface area contributed by atoms with Crippen molar-refractivity contribution in [2.75, 3.05) is 18.4 Å². The number of rotatable bonds is 5. The highest BCUT2D eigenvalue weighted by molar-refractivity contribution is 6.26. The molecule has 0 fully saturated rings. The minimum atomic E-state index is -0.751. The van der Waals surface area contributed by atoms with E-state index in [1.165, 1.54) is 0 Å². The summed E-state index contributed by atoms with van der Waals surface area (Å²) >= 11 is 10.3. The van der Waals surface area contributed by atoms with E-state index < -0.39 is 18.0 Å². The van der Waals surface area contributed by atoms with Gasteiger partial charge in [-0.1, -0.05) is 0 Å². The Hall–Kier alpha value is -0.480. The van der Waals surface area contributed by atoms with Gasteiger partial charge in [-0.3, -0.25) is 9.59 Å². The molecule has 6 heteroatoms. The first-order valence-electron chi connectivity index (χ1n) is 3.40. The van der Waals surface area contributed by atoms with Gasteiger partial charge in [-0.2, -0.15) is 0 Å². The van der Waals surface area contributed by atoms with Gasteiger partial charge in [0.15, 0.2) is 0 Å². The maximum atomic E-state index is 10.6. The summed E-state index contributed by atoms with van der Waals surface area (Å²) in [4.78, 5) is 21.1. The third kappa shape index (κ3) is 6.66. The van der Waals surface area contributed by atoms with Crippen LogP contribution in [0, 0.1) is 6.92 Å². The normalized spacial score (nSPS) is 11.9. The van der Waals surface area contributed by atoms with E-state index in [4.69, 9.17) is 23.2 Å². The van der Waals surface area contributed by atoms with Crippen molar-refractivity contribution in [1.82, 2.24) is 0 Å². The van der Waals surface area contributed by atoms with Gasteiger partial charge in [0.1, 0.15) is 24.5 Å². The molecule has 0 aromatic heterocycles. The molecular formula is C7H9Cl2O4.